The summed E-state index contributed by atoms with van der Waals surface area (Å²) >= 11 is 0. The molecule has 0 aromatic carbocycles. The Hall–Kier alpha value is -1.09. The fourth-order valence-corrected chi connectivity index (χ4v) is 2.34. The Labute approximate surface area is 96.8 Å². The fraction of sp³-hybridized carbons (Fsp3) is 0.615. The summed E-state index contributed by atoms with van der Waals surface area (Å²) < 4.78 is 0. The summed E-state index contributed by atoms with van der Waals surface area (Å²) in [5.74, 6) is 1.69. The van der Waals surface area contributed by atoms with E-state index < -0.39 is 0 Å². The van der Waals surface area contributed by atoms with Crippen LogP contribution in [0.25, 0.3) is 0 Å². The second-order valence-electron chi connectivity index (χ2n) is 5.03. The van der Waals surface area contributed by atoms with Gasteiger partial charge < -0.3 is 4.98 Å². The van der Waals surface area contributed by atoms with Gasteiger partial charge in [0, 0.05) is 12.7 Å². The number of hydrogen-bond donors (Lipinski definition) is 1. The maximum Gasteiger partial charge on any atom is 0.192 e. The van der Waals surface area contributed by atoms with E-state index in [4.69, 9.17) is 0 Å². The van der Waals surface area contributed by atoms with E-state index in [-0.39, 0.29) is 5.78 Å². The second-order valence-corrected chi connectivity index (χ2v) is 5.03. The Morgan fingerprint density at radius 1 is 1.62 bits per heavy atom. The number of nitrogens with one attached hydrogen (secondary N) is 1. The Balaban J connectivity index is 1.86. The molecule has 1 aliphatic rings. The largest absolute Gasteiger partial charge is 0.359 e. The summed E-state index contributed by atoms with van der Waals surface area (Å²) in [6.07, 6.45) is 3.03. The molecule has 1 unspecified atom stereocenters. The van der Waals surface area contributed by atoms with E-state index >= 15 is 0 Å². The molecule has 0 aliphatic carbocycles. The van der Waals surface area contributed by atoms with E-state index in [0.29, 0.717) is 6.54 Å². The lowest BCUT2D eigenvalue weighted by Gasteiger charge is -2.16. The Bertz CT molecular complexity index is 343. The van der Waals surface area contributed by atoms with Gasteiger partial charge in [-0.2, -0.15) is 0 Å². The average Bonchev–Trinajstić information content (AvgIpc) is 2.87. The predicted octanol–water partition coefficient (Wildman–Crippen LogP) is 2.18. The maximum atomic E-state index is 11.9. The highest BCUT2D eigenvalue weighted by Gasteiger charge is 2.26. The second kappa shape index (κ2) is 4.83. The van der Waals surface area contributed by atoms with Crippen LogP contribution < -0.4 is 0 Å². The molecule has 2 rings (SSSR count). The van der Waals surface area contributed by atoms with Gasteiger partial charge in [0.05, 0.1) is 12.2 Å². The lowest BCUT2D eigenvalue weighted by atomic mass is 9.95. The van der Waals surface area contributed by atoms with Crippen LogP contribution in [-0.2, 0) is 0 Å². The molecule has 0 spiro atoms. The number of ketones is 1. The van der Waals surface area contributed by atoms with Crippen molar-refractivity contribution in [2.75, 3.05) is 19.6 Å². The Morgan fingerprint density at radius 3 is 3.00 bits per heavy atom. The molecule has 1 saturated heterocycles. The van der Waals surface area contributed by atoms with E-state index in [0.717, 1.165) is 30.6 Å². The number of carbonyl (C=O) groups is 1. The first-order valence-corrected chi connectivity index (χ1v) is 6.05. The molecule has 1 atom stereocenters. The minimum Gasteiger partial charge on any atom is -0.359 e. The highest BCUT2D eigenvalue weighted by molar-refractivity contribution is 5.95. The van der Waals surface area contributed by atoms with Gasteiger partial charge in [0.25, 0.3) is 0 Å². The Morgan fingerprint density at radius 2 is 2.44 bits per heavy atom. The molecule has 0 radical (unpaired) electrons. The van der Waals surface area contributed by atoms with Crippen LogP contribution in [-0.4, -0.2) is 35.3 Å². The van der Waals surface area contributed by atoms with Gasteiger partial charge in [-0.25, -0.2) is 0 Å². The molecular formula is C13H20N2O. The molecule has 88 valence electrons. The number of aromatic amines is 1. The fourth-order valence-electron chi connectivity index (χ4n) is 2.34. The van der Waals surface area contributed by atoms with E-state index in [1.807, 2.05) is 12.1 Å². The van der Waals surface area contributed by atoms with Gasteiger partial charge in [-0.3, -0.25) is 9.69 Å². The first-order valence-electron chi connectivity index (χ1n) is 6.05. The maximum absolute atomic E-state index is 11.9. The number of H-pyrrole nitrogens is 1. The monoisotopic (exact) mass is 220 g/mol. The Kier molecular flexibility index (Phi) is 3.44. The molecule has 1 aliphatic heterocycles. The zero-order chi connectivity index (χ0) is 11.5. The molecule has 1 N–H and O–H groups in total. The van der Waals surface area contributed by atoms with Gasteiger partial charge in [0.1, 0.15) is 0 Å². The number of hydrogen-bond acceptors (Lipinski definition) is 2. The van der Waals surface area contributed by atoms with Crippen LogP contribution in [0.2, 0.25) is 0 Å². The van der Waals surface area contributed by atoms with Gasteiger partial charge in [0.2, 0.25) is 0 Å². The van der Waals surface area contributed by atoms with Gasteiger partial charge in [-0.15, -0.1) is 0 Å². The van der Waals surface area contributed by atoms with Crippen LogP contribution in [0.5, 0.6) is 0 Å². The molecular weight excluding hydrogens is 200 g/mol. The highest BCUT2D eigenvalue weighted by atomic mass is 16.1. The lowest BCUT2D eigenvalue weighted by Crippen LogP contribution is -2.28. The molecule has 1 fully saturated rings. The predicted molar refractivity (Wildman–Crippen MR) is 64.5 cm³/mol. The minimum absolute atomic E-state index is 0.203. The summed E-state index contributed by atoms with van der Waals surface area (Å²) in [4.78, 5) is 17.1. The molecule has 3 heteroatoms. The van der Waals surface area contributed by atoms with Crippen LogP contribution >= 0.6 is 0 Å². The van der Waals surface area contributed by atoms with Crippen molar-refractivity contribution in [2.24, 2.45) is 11.8 Å². The smallest absolute Gasteiger partial charge is 0.192 e. The molecule has 2 heterocycles. The SMILES string of the molecule is CC(C)C1CCN(CC(=O)c2ccc[nH]2)C1. The van der Waals surface area contributed by atoms with Crippen LogP contribution in [0, 0.1) is 11.8 Å². The van der Waals surface area contributed by atoms with Crippen molar-refractivity contribution in [1.29, 1.82) is 0 Å². The summed E-state index contributed by atoms with van der Waals surface area (Å²) in [7, 11) is 0. The van der Waals surface area contributed by atoms with E-state index in [2.05, 4.69) is 23.7 Å². The third-order valence-electron chi connectivity index (χ3n) is 3.52. The van der Waals surface area contributed by atoms with Gasteiger partial charge in [-0.05, 0) is 36.9 Å². The molecule has 1 aromatic rings. The van der Waals surface area contributed by atoms with Crippen molar-refractivity contribution in [2.45, 2.75) is 20.3 Å². The van der Waals surface area contributed by atoms with Gasteiger partial charge >= 0.3 is 0 Å². The zero-order valence-corrected chi connectivity index (χ0v) is 10.1. The summed E-state index contributed by atoms with van der Waals surface area (Å²) in [6.45, 7) is 7.23. The number of Topliss-reactive ketones (excluding diaryl/α,β-unsaturated/α-hetero) is 1. The number of rotatable bonds is 4. The summed E-state index contributed by atoms with van der Waals surface area (Å²) in [5, 5.41) is 0. The van der Waals surface area contributed by atoms with Crippen molar-refractivity contribution in [3.63, 3.8) is 0 Å². The van der Waals surface area contributed by atoms with Crippen LogP contribution in [0.1, 0.15) is 30.8 Å². The van der Waals surface area contributed by atoms with E-state index in [9.17, 15) is 4.79 Å². The third kappa shape index (κ3) is 2.53. The standard InChI is InChI=1S/C13H20N2O/c1-10(2)11-5-7-15(8-11)9-13(16)12-4-3-6-14-12/h3-4,6,10-11,14H,5,7-9H2,1-2H3. The molecule has 0 bridgehead atoms. The summed E-state index contributed by atoms with van der Waals surface area (Å²) in [5.41, 5.74) is 0.730. The van der Waals surface area contributed by atoms with Crippen molar-refractivity contribution >= 4 is 5.78 Å². The minimum atomic E-state index is 0.203. The average molecular weight is 220 g/mol. The van der Waals surface area contributed by atoms with Crippen molar-refractivity contribution < 1.29 is 4.79 Å². The quantitative estimate of drug-likeness (QED) is 0.789. The van der Waals surface area contributed by atoms with E-state index in [1.165, 1.54) is 6.42 Å². The molecule has 0 amide bonds. The normalized spacial score (nSPS) is 21.8. The first kappa shape index (κ1) is 11.4. The van der Waals surface area contributed by atoms with Crippen molar-refractivity contribution in [3.8, 4) is 0 Å². The first-order chi connectivity index (χ1) is 7.66. The van der Waals surface area contributed by atoms with Crippen molar-refractivity contribution in [1.82, 2.24) is 9.88 Å². The van der Waals surface area contributed by atoms with Crippen LogP contribution in [0.4, 0.5) is 0 Å². The summed E-state index contributed by atoms with van der Waals surface area (Å²) in [6, 6.07) is 3.71. The molecule has 1 aromatic heterocycles. The van der Waals surface area contributed by atoms with Gasteiger partial charge in [-0.1, -0.05) is 13.8 Å². The van der Waals surface area contributed by atoms with Crippen molar-refractivity contribution in [3.05, 3.63) is 24.0 Å². The molecule has 0 saturated carbocycles. The highest BCUT2D eigenvalue weighted by Crippen LogP contribution is 2.23. The van der Waals surface area contributed by atoms with Crippen LogP contribution in [0.3, 0.4) is 0 Å². The third-order valence-corrected chi connectivity index (χ3v) is 3.52. The molecule has 3 nitrogen and oxygen atoms in total. The van der Waals surface area contributed by atoms with E-state index in [1.54, 1.807) is 6.20 Å². The van der Waals surface area contributed by atoms with Gasteiger partial charge in [0.15, 0.2) is 5.78 Å². The number of likely N-dealkylation sites (tertiary alicyclic amines) is 1. The number of aromatic nitrogens is 1. The van der Waals surface area contributed by atoms with Crippen LogP contribution in [0.15, 0.2) is 18.3 Å². The number of carbonyl (C=O) groups excluding carboxylic acids is 1. The lowest BCUT2D eigenvalue weighted by molar-refractivity contribution is 0.0937. The topological polar surface area (TPSA) is 36.1 Å². The number of nitrogens with zero attached hydrogens (tertiary/aromatic N) is 1. The molecule has 16 heavy (non-hydrogen) atoms. The zero-order valence-electron chi connectivity index (χ0n) is 10.1.